The van der Waals surface area contributed by atoms with Crippen LogP contribution >= 0.6 is 0 Å². The highest BCUT2D eigenvalue weighted by molar-refractivity contribution is 5.77. The number of amides is 1. The molecule has 0 bridgehead atoms. The molecule has 27 heavy (non-hydrogen) atoms. The van der Waals surface area contributed by atoms with Crippen LogP contribution in [-0.4, -0.2) is 39.9 Å². The molecule has 0 radical (unpaired) electrons. The van der Waals surface area contributed by atoms with Crippen LogP contribution in [0.1, 0.15) is 5.56 Å². The lowest BCUT2D eigenvalue weighted by Gasteiger charge is -2.12. The second-order valence-electron chi connectivity index (χ2n) is 5.43. The van der Waals surface area contributed by atoms with Crippen molar-refractivity contribution in [2.24, 2.45) is 0 Å². The van der Waals surface area contributed by atoms with E-state index in [1.54, 1.807) is 43.5 Å². The van der Waals surface area contributed by atoms with Gasteiger partial charge in [-0.2, -0.15) is 8.78 Å². The maximum atomic E-state index is 12.3. The third-order valence-corrected chi connectivity index (χ3v) is 3.61. The summed E-state index contributed by atoms with van der Waals surface area (Å²) in [5.41, 5.74) is 0.810. The molecule has 0 unspecified atom stereocenters. The van der Waals surface area contributed by atoms with Crippen molar-refractivity contribution < 1.29 is 32.5 Å². The molecule has 2 aromatic carbocycles. The summed E-state index contributed by atoms with van der Waals surface area (Å²) < 4.78 is 44.5. The van der Waals surface area contributed by atoms with Crippen LogP contribution in [0.2, 0.25) is 0 Å². The number of carbonyl (C=O) groups is 1. The van der Waals surface area contributed by atoms with Crippen molar-refractivity contribution in [2.45, 2.75) is 13.0 Å². The Bertz CT molecular complexity index is 737. The van der Waals surface area contributed by atoms with Crippen LogP contribution in [0.5, 0.6) is 23.0 Å². The Balaban J connectivity index is 1.77. The van der Waals surface area contributed by atoms with Gasteiger partial charge >= 0.3 is 6.61 Å². The van der Waals surface area contributed by atoms with Crippen LogP contribution in [0.3, 0.4) is 0 Å². The van der Waals surface area contributed by atoms with Crippen LogP contribution in [0.15, 0.2) is 42.5 Å². The molecule has 0 saturated carbocycles. The lowest BCUT2D eigenvalue weighted by Crippen LogP contribution is -2.30. The minimum atomic E-state index is -2.92. The zero-order valence-electron chi connectivity index (χ0n) is 15.0. The van der Waals surface area contributed by atoms with Crippen molar-refractivity contribution in [3.63, 3.8) is 0 Å². The third-order valence-electron chi connectivity index (χ3n) is 3.61. The summed E-state index contributed by atoms with van der Waals surface area (Å²) in [5.74, 6) is 1.17. The average molecular weight is 381 g/mol. The molecule has 6 nitrogen and oxygen atoms in total. The van der Waals surface area contributed by atoms with Crippen molar-refractivity contribution in [3.8, 4) is 23.0 Å². The van der Waals surface area contributed by atoms with Gasteiger partial charge in [0.05, 0.1) is 14.2 Å². The van der Waals surface area contributed by atoms with E-state index in [4.69, 9.17) is 14.2 Å². The molecule has 0 aromatic heterocycles. The van der Waals surface area contributed by atoms with Gasteiger partial charge in [0, 0.05) is 6.54 Å². The number of carbonyl (C=O) groups excluding carboxylic acids is 1. The molecular weight excluding hydrogens is 360 g/mol. The van der Waals surface area contributed by atoms with Gasteiger partial charge in [0.15, 0.2) is 18.1 Å². The summed E-state index contributed by atoms with van der Waals surface area (Å²) in [7, 11) is 2.94. The fraction of sp³-hybridized carbons (Fsp3) is 0.316. The van der Waals surface area contributed by atoms with E-state index in [-0.39, 0.29) is 24.0 Å². The zero-order chi connectivity index (χ0) is 19.6. The second kappa shape index (κ2) is 10.2. The Hall–Kier alpha value is -3.03. The molecule has 8 heteroatoms. The number of rotatable bonds is 10. The second-order valence-corrected chi connectivity index (χ2v) is 5.43. The first-order chi connectivity index (χ1) is 13.0. The molecular formula is C19H21F2NO5. The molecule has 2 rings (SSSR count). The zero-order valence-corrected chi connectivity index (χ0v) is 15.0. The van der Waals surface area contributed by atoms with Crippen LogP contribution in [0.25, 0.3) is 0 Å². The van der Waals surface area contributed by atoms with E-state index in [0.717, 1.165) is 5.56 Å². The van der Waals surface area contributed by atoms with E-state index in [9.17, 15) is 13.6 Å². The van der Waals surface area contributed by atoms with E-state index in [1.165, 1.54) is 13.2 Å². The molecule has 0 aliphatic carbocycles. The Kier molecular flexibility index (Phi) is 7.66. The number of hydrogen-bond donors (Lipinski definition) is 1. The number of halogens is 2. The quantitative estimate of drug-likeness (QED) is 0.685. The number of alkyl halides is 2. The number of hydrogen-bond acceptors (Lipinski definition) is 5. The summed E-state index contributed by atoms with van der Waals surface area (Å²) in [6, 6.07) is 11.5. The predicted octanol–water partition coefficient (Wildman–Crippen LogP) is 3.04. The maximum absolute atomic E-state index is 12.3. The van der Waals surface area contributed by atoms with Gasteiger partial charge in [-0.05, 0) is 48.4 Å². The molecule has 2 aromatic rings. The molecule has 0 aliphatic heterocycles. The van der Waals surface area contributed by atoms with Crippen molar-refractivity contribution in [1.82, 2.24) is 5.32 Å². The highest BCUT2D eigenvalue weighted by Crippen LogP contribution is 2.29. The van der Waals surface area contributed by atoms with Gasteiger partial charge in [-0.3, -0.25) is 4.79 Å². The molecule has 0 heterocycles. The van der Waals surface area contributed by atoms with E-state index in [1.807, 2.05) is 0 Å². The highest BCUT2D eigenvalue weighted by atomic mass is 19.3. The van der Waals surface area contributed by atoms with E-state index in [0.29, 0.717) is 24.5 Å². The van der Waals surface area contributed by atoms with Gasteiger partial charge in [-0.1, -0.05) is 6.07 Å². The Morgan fingerprint density at radius 3 is 2.33 bits per heavy atom. The molecule has 0 fully saturated rings. The minimum absolute atomic E-state index is 0.0341. The number of methoxy groups -OCH3 is 2. The largest absolute Gasteiger partial charge is 0.497 e. The van der Waals surface area contributed by atoms with Crippen LogP contribution < -0.4 is 24.3 Å². The lowest BCUT2D eigenvalue weighted by molar-refractivity contribution is -0.123. The SMILES string of the molecule is COc1ccc(OCC(=O)NCCc2ccc(OC(F)F)c(OC)c2)cc1. The number of ether oxygens (including phenoxy) is 4. The van der Waals surface area contributed by atoms with Crippen molar-refractivity contribution in [3.05, 3.63) is 48.0 Å². The van der Waals surface area contributed by atoms with E-state index in [2.05, 4.69) is 10.1 Å². The molecule has 1 amide bonds. The fourth-order valence-corrected chi connectivity index (χ4v) is 2.28. The lowest BCUT2D eigenvalue weighted by atomic mass is 10.1. The molecule has 0 spiro atoms. The van der Waals surface area contributed by atoms with Gasteiger partial charge in [0.1, 0.15) is 11.5 Å². The maximum Gasteiger partial charge on any atom is 0.387 e. The minimum Gasteiger partial charge on any atom is -0.497 e. The molecule has 0 saturated heterocycles. The number of nitrogens with one attached hydrogen (secondary N) is 1. The van der Waals surface area contributed by atoms with E-state index < -0.39 is 6.61 Å². The number of benzene rings is 2. The topological polar surface area (TPSA) is 66.0 Å². The summed E-state index contributed by atoms with van der Waals surface area (Å²) in [4.78, 5) is 11.8. The van der Waals surface area contributed by atoms with Gasteiger partial charge < -0.3 is 24.3 Å². The normalized spacial score (nSPS) is 10.4. The molecule has 0 aliphatic rings. The molecule has 0 atom stereocenters. The summed E-state index contributed by atoms with van der Waals surface area (Å²) in [6.07, 6.45) is 0.500. The van der Waals surface area contributed by atoms with Gasteiger partial charge in [-0.25, -0.2) is 0 Å². The summed E-state index contributed by atoms with van der Waals surface area (Å²) in [5, 5.41) is 2.73. The first kappa shape index (κ1) is 20.3. The van der Waals surface area contributed by atoms with Crippen molar-refractivity contribution in [1.29, 1.82) is 0 Å². The standard InChI is InChI=1S/C19H21F2NO5/c1-24-14-4-6-15(7-5-14)26-12-18(23)22-10-9-13-3-8-16(27-19(20)21)17(11-13)25-2/h3-8,11,19H,9-10,12H2,1-2H3,(H,22,23). The Morgan fingerprint density at radius 2 is 1.70 bits per heavy atom. The smallest absolute Gasteiger partial charge is 0.387 e. The first-order valence-electron chi connectivity index (χ1n) is 8.17. The van der Waals surface area contributed by atoms with Crippen molar-refractivity contribution in [2.75, 3.05) is 27.4 Å². The Morgan fingerprint density at radius 1 is 1.00 bits per heavy atom. The first-order valence-corrected chi connectivity index (χ1v) is 8.17. The molecule has 1 N–H and O–H groups in total. The summed E-state index contributed by atoms with van der Waals surface area (Å²) in [6.45, 7) is -2.67. The van der Waals surface area contributed by atoms with E-state index >= 15 is 0 Å². The average Bonchev–Trinajstić information content (AvgIpc) is 2.67. The third kappa shape index (κ3) is 6.65. The van der Waals surface area contributed by atoms with Crippen LogP contribution in [-0.2, 0) is 11.2 Å². The van der Waals surface area contributed by atoms with Crippen LogP contribution in [0.4, 0.5) is 8.78 Å². The molecule has 146 valence electrons. The van der Waals surface area contributed by atoms with Gasteiger partial charge in [0.2, 0.25) is 0 Å². The monoisotopic (exact) mass is 381 g/mol. The van der Waals surface area contributed by atoms with Gasteiger partial charge in [0.25, 0.3) is 5.91 Å². The Labute approximate surface area is 156 Å². The van der Waals surface area contributed by atoms with Gasteiger partial charge in [-0.15, -0.1) is 0 Å². The summed E-state index contributed by atoms with van der Waals surface area (Å²) >= 11 is 0. The van der Waals surface area contributed by atoms with Crippen LogP contribution in [0, 0.1) is 0 Å². The highest BCUT2D eigenvalue weighted by Gasteiger charge is 2.11. The predicted molar refractivity (Wildman–Crippen MR) is 94.8 cm³/mol. The van der Waals surface area contributed by atoms with Crippen molar-refractivity contribution >= 4 is 5.91 Å². The fourth-order valence-electron chi connectivity index (χ4n) is 2.28.